The molecule has 0 aliphatic carbocycles. The second kappa shape index (κ2) is 6.64. The number of Topliss-reactive ketones (excluding diaryl/α,β-unsaturated/α-hetero) is 1. The zero-order valence-electron chi connectivity index (χ0n) is 10.8. The van der Waals surface area contributed by atoms with Crippen molar-refractivity contribution in [3.05, 3.63) is 23.8 Å². The average molecular weight is 251 g/mol. The van der Waals surface area contributed by atoms with Gasteiger partial charge in [-0.05, 0) is 12.1 Å². The van der Waals surface area contributed by atoms with E-state index in [-0.39, 0.29) is 24.5 Å². The minimum atomic E-state index is -0.162. The molecule has 0 saturated heterocycles. The second-order valence-corrected chi connectivity index (χ2v) is 3.64. The molecule has 0 aromatic heterocycles. The Balaban J connectivity index is 2.88. The van der Waals surface area contributed by atoms with Crippen LogP contribution in [0.5, 0.6) is 11.5 Å². The summed E-state index contributed by atoms with van der Waals surface area (Å²) in [6, 6.07) is 5.09. The molecular formula is C13H17NO4. The largest absolute Gasteiger partial charge is 0.493 e. The predicted molar refractivity (Wildman–Crippen MR) is 67.2 cm³/mol. The van der Waals surface area contributed by atoms with Crippen molar-refractivity contribution in [2.24, 2.45) is 0 Å². The fraction of sp³-hybridized carbons (Fsp3) is 0.385. The minimum Gasteiger partial charge on any atom is -0.493 e. The molecule has 1 aromatic carbocycles. The fourth-order valence-electron chi connectivity index (χ4n) is 1.59. The monoisotopic (exact) mass is 251 g/mol. The molecule has 0 atom stereocenters. The number of ketones is 1. The number of ether oxygens (including phenoxy) is 2. The summed E-state index contributed by atoms with van der Waals surface area (Å²) < 4.78 is 10.3. The Bertz CT molecular complexity index is 443. The topological polar surface area (TPSA) is 64.6 Å². The molecule has 0 unspecified atom stereocenters. The van der Waals surface area contributed by atoms with Gasteiger partial charge < -0.3 is 14.8 Å². The van der Waals surface area contributed by atoms with E-state index in [4.69, 9.17) is 9.47 Å². The van der Waals surface area contributed by atoms with E-state index in [1.54, 1.807) is 25.2 Å². The highest BCUT2D eigenvalue weighted by atomic mass is 16.5. The summed E-state index contributed by atoms with van der Waals surface area (Å²) in [5.74, 6) is 0.602. The van der Waals surface area contributed by atoms with Gasteiger partial charge in [0.05, 0.1) is 19.8 Å². The van der Waals surface area contributed by atoms with Crippen LogP contribution in [0.25, 0.3) is 0 Å². The van der Waals surface area contributed by atoms with E-state index in [1.807, 2.05) is 0 Å². The molecule has 0 heterocycles. The van der Waals surface area contributed by atoms with E-state index in [0.29, 0.717) is 17.1 Å². The Labute approximate surface area is 106 Å². The molecule has 0 fully saturated rings. The number of rotatable bonds is 6. The number of hydrogen-bond acceptors (Lipinski definition) is 4. The van der Waals surface area contributed by atoms with Crippen molar-refractivity contribution in [3.8, 4) is 11.5 Å². The molecule has 1 rings (SSSR count). The molecule has 1 aromatic rings. The summed E-state index contributed by atoms with van der Waals surface area (Å²) in [5.41, 5.74) is 0.431. The number of methoxy groups -OCH3 is 2. The number of para-hydroxylation sites is 1. The van der Waals surface area contributed by atoms with Crippen LogP contribution in [0.4, 0.5) is 0 Å². The Morgan fingerprint density at radius 3 is 2.44 bits per heavy atom. The van der Waals surface area contributed by atoms with Gasteiger partial charge >= 0.3 is 0 Å². The quantitative estimate of drug-likeness (QED) is 0.776. The Morgan fingerprint density at radius 2 is 1.89 bits per heavy atom. The van der Waals surface area contributed by atoms with Crippen molar-refractivity contribution < 1.29 is 19.1 Å². The van der Waals surface area contributed by atoms with Crippen molar-refractivity contribution in [1.29, 1.82) is 0 Å². The van der Waals surface area contributed by atoms with Crippen LogP contribution in [0.15, 0.2) is 18.2 Å². The lowest BCUT2D eigenvalue weighted by Crippen LogP contribution is -2.18. The van der Waals surface area contributed by atoms with Gasteiger partial charge in [-0.25, -0.2) is 0 Å². The number of carbonyl (C=O) groups excluding carboxylic acids is 2. The molecule has 5 heteroatoms. The van der Waals surface area contributed by atoms with E-state index in [0.717, 1.165) is 0 Å². The highest BCUT2D eigenvalue weighted by molar-refractivity contribution is 6.00. The van der Waals surface area contributed by atoms with E-state index in [9.17, 15) is 9.59 Å². The summed E-state index contributed by atoms with van der Waals surface area (Å²) in [5, 5.41) is 2.48. The first-order valence-electron chi connectivity index (χ1n) is 5.58. The van der Waals surface area contributed by atoms with E-state index in [1.165, 1.54) is 14.2 Å². The molecule has 18 heavy (non-hydrogen) atoms. The van der Waals surface area contributed by atoms with E-state index >= 15 is 0 Å². The van der Waals surface area contributed by atoms with Crippen LogP contribution in [-0.2, 0) is 4.79 Å². The Hall–Kier alpha value is -2.04. The molecule has 1 amide bonds. The SMILES string of the molecule is CNC(=O)CCC(=O)c1cccc(OC)c1OC. The summed E-state index contributed by atoms with van der Waals surface area (Å²) in [4.78, 5) is 23.1. The van der Waals surface area contributed by atoms with Crippen molar-refractivity contribution in [2.75, 3.05) is 21.3 Å². The summed E-state index contributed by atoms with van der Waals surface area (Å²) in [6.07, 6.45) is 0.304. The zero-order chi connectivity index (χ0) is 13.5. The standard InChI is InChI=1S/C13H17NO4/c1-14-12(16)8-7-10(15)9-5-4-6-11(17-2)13(9)18-3/h4-6H,7-8H2,1-3H3,(H,14,16). The Kier molecular flexibility index (Phi) is 5.17. The van der Waals surface area contributed by atoms with Gasteiger partial charge in [0.2, 0.25) is 5.91 Å². The molecule has 0 saturated carbocycles. The zero-order valence-corrected chi connectivity index (χ0v) is 10.8. The van der Waals surface area contributed by atoms with Crippen molar-refractivity contribution in [1.82, 2.24) is 5.32 Å². The maximum Gasteiger partial charge on any atom is 0.220 e. The van der Waals surface area contributed by atoms with Crippen LogP contribution in [-0.4, -0.2) is 33.0 Å². The van der Waals surface area contributed by atoms with Gasteiger partial charge in [0.15, 0.2) is 17.3 Å². The fourth-order valence-corrected chi connectivity index (χ4v) is 1.59. The third-order valence-electron chi connectivity index (χ3n) is 2.56. The van der Waals surface area contributed by atoms with Gasteiger partial charge in [0, 0.05) is 19.9 Å². The molecule has 0 radical (unpaired) electrons. The predicted octanol–water partition coefficient (Wildman–Crippen LogP) is 1.41. The van der Waals surface area contributed by atoms with Crippen molar-refractivity contribution in [3.63, 3.8) is 0 Å². The summed E-state index contributed by atoms with van der Waals surface area (Å²) >= 11 is 0. The molecular weight excluding hydrogens is 234 g/mol. The number of amides is 1. The van der Waals surface area contributed by atoms with Gasteiger partial charge in [-0.2, -0.15) is 0 Å². The van der Waals surface area contributed by atoms with Gasteiger partial charge in [-0.1, -0.05) is 6.07 Å². The second-order valence-electron chi connectivity index (χ2n) is 3.64. The molecule has 1 N–H and O–H groups in total. The van der Waals surface area contributed by atoms with Crippen LogP contribution >= 0.6 is 0 Å². The Morgan fingerprint density at radius 1 is 1.17 bits per heavy atom. The number of nitrogens with one attached hydrogen (secondary N) is 1. The highest BCUT2D eigenvalue weighted by Crippen LogP contribution is 2.31. The number of carbonyl (C=O) groups is 2. The number of benzene rings is 1. The highest BCUT2D eigenvalue weighted by Gasteiger charge is 2.16. The number of hydrogen-bond donors (Lipinski definition) is 1. The third-order valence-corrected chi connectivity index (χ3v) is 2.56. The first-order valence-corrected chi connectivity index (χ1v) is 5.58. The normalized spacial score (nSPS) is 9.72. The lowest BCUT2D eigenvalue weighted by Gasteiger charge is -2.11. The van der Waals surface area contributed by atoms with Crippen LogP contribution in [0.2, 0.25) is 0 Å². The van der Waals surface area contributed by atoms with Crippen LogP contribution < -0.4 is 14.8 Å². The lowest BCUT2D eigenvalue weighted by atomic mass is 10.0. The summed E-state index contributed by atoms with van der Waals surface area (Å²) in [7, 11) is 4.53. The maximum atomic E-state index is 12.0. The van der Waals surface area contributed by atoms with Gasteiger partial charge in [0.25, 0.3) is 0 Å². The maximum absolute atomic E-state index is 12.0. The summed E-state index contributed by atoms with van der Waals surface area (Å²) in [6.45, 7) is 0. The molecule has 0 aliphatic heterocycles. The van der Waals surface area contributed by atoms with Crippen molar-refractivity contribution in [2.45, 2.75) is 12.8 Å². The average Bonchev–Trinajstić information content (AvgIpc) is 2.42. The smallest absolute Gasteiger partial charge is 0.220 e. The van der Waals surface area contributed by atoms with Gasteiger partial charge in [-0.15, -0.1) is 0 Å². The van der Waals surface area contributed by atoms with Crippen LogP contribution in [0, 0.1) is 0 Å². The lowest BCUT2D eigenvalue weighted by molar-refractivity contribution is -0.120. The molecule has 0 aliphatic rings. The first-order chi connectivity index (χ1) is 8.63. The minimum absolute atomic E-state index is 0.142. The van der Waals surface area contributed by atoms with E-state index in [2.05, 4.69) is 5.32 Å². The first kappa shape index (κ1) is 14.0. The van der Waals surface area contributed by atoms with E-state index < -0.39 is 0 Å². The van der Waals surface area contributed by atoms with Gasteiger partial charge in [0.1, 0.15) is 0 Å². The molecule has 98 valence electrons. The van der Waals surface area contributed by atoms with Crippen LogP contribution in [0.1, 0.15) is 23.2 Å². The molecule has 0 spiro atoms. The third kappa shape index (κ3) is 3.23. The van der Waals surface area contributed by atoms with Crippen molar-refractivity contribution >= 4 is 11.7 Å². The molecule has 0 bridgehead atoms. The van der Waals surface area contributed by atoms with Gasteiger partial charge in [-0.3, -0.25) is 9.59 Å². The molecule has 5 nitrogen and oxygen atoms in total. The van der Waals surface area contributed by atoms with Crippen LogP contribution in [0.3, 0.4) is 0 Å².